The summed E-state index contributed by atoms with van der Waals surface area (Å²) < 4.78 is 42.7. The molecule has 0 saturated carbocycles. The van der Waals surface area contributed by atoms with Crippen LogP contribution in [0.3, 0.4) is 0 Å². The normalized spacial score (nSPS) is 10.9. The predicted octanol–water partition coefficient (Wildman–Crippen LogP) is 4.05. The number of hydrogen-bond acceptors (Lipinski definition) is 6. The molecule has 0 saturated heterocycles. The van der Waals surface area contributed by atoms with Gasteiger partial charge < -0.3 is 19.4 Å². The first-order valence-electron chi connectivity index (χ1n) is 8.67. The van der Waals surface area contributed by atoms with Gasteiger partial charge in [-0.3, -0.25) is 9.78 Å². The van der Waals surface area contributed by atoms with Crippen LogP contribution in [0.25, 0.3) is 22.5 Å². The third-order valence-electron chi connectivity index (χ3n) is 3.83. The number of rotatable bonds is 4. The molecule has 0 spiro atoms. The fourth-order valence-corrected chi connectivity index (χ4v) is 2.38. The molecule has 0 atom stereocenters. The third kappa shape index (κ3) is 5.69. The van der Waals surface area contributed by atoms with Crippen molar-refractivity contribution in [3.05, 3.63) is 72.2 Å². The van der Waals surface area contributed by atoms with Gasteiger partial charge in [-0.25, -0.2) is 4.79 Å². The molecule has 1 aromatic carbocycles. The van der Waals surface area contributed by atoms with Crippen LogP contribution >= 0.6 is 0 Å². The number of nitrogens with one attached hydrogen (secondary N) is 1. The summed E-state index contributed by atoms with van der Waals surface area (Å²) in [6.45, 7) is 0.375. The van der Waals surface area contributed by atoms with E-state index in [1.807, 2.05) is 42.5 Å². The molecule has 0 aliphatic rings. The van der Waals surface area contributed by atoms with E-state index < -0.39 is 12.1 Å². The number of fused-ring (bicyclic) bond motifs is 1. The van der Waals surface area contributed by atoms with Gasteiger partial charge in [0.25, 0.3) is 5.91 Å². The highest BCUT2D eigenvalue weighted by atomic mass is 19.4. The number of halogens is 3. The number of carbonyl (C=O) groups excluding carboxylic acids is 1. The van der Waals surface area contributed by atoms with Crippen molar-refractivity contribution in [3.8, 4) is 11.5 Å². The SMILES string of the molecule is O=C(NCc1cccnc1)c1cc(-c2cc3ccccc3o2)on1.O=C(O)C(F)(F)F. The fraction of sp³-hybridized carbons (Fsp3) is 0.100. The van der Waals surface area contributed by atoms with Crippen LogP contribution < -0.4 is 5.32 Å². The molecule has 160 valence electrons. The number of alkyl halides is 3. The first-order chi connectivity index (χ1) is 14.7. The Hall–Kier alpha value is -4.15. The molecule has 0 radical (unpaired) electrons. The van der Waals surface area contributed by atoms with E-state index in [2.05, 4.69) is 15.5 Å². The number of benzene rings is 1. The maximum atomic E-state index is 12.2. The lowest BCUT2D eigenvalue weighted by Crippen LogP contribution is -2.23. The summed E-state index contributed by atoms with van der Waals surface area (Å²) in [4.78, 5) is 25.0. The number of carboxylic acids is 1. The average Bonchev–Trinajstić information content (AvgIpc) is 3.39. The molecule has 2 N–H and O–H groups in total. The average molecular weight is 433 g/mol. The van der Waals surface area contributed by atoms with E-state index in [1.165, 1.54) is 0 Å². The van der Waals surface area contributed by atoms with Gasteiger partial charge in [-0.2, -0.15) is 13.2 Å². The number of para-hydroxylation sites is 1. The molecule has 4 aromatic rings. The summed E-state index contributed by atoms with van der Waals surface area (Å²) in [6.07, 6.45) is -1.70. The summed E-state index contributed by atoms with van der Waals surface area (Å²) in [5.41, 5.74) is 1.87. The Balaban J connectivity index is 0.000000339. The second kappa shape index (κ2) is 9.11. The standard InChI is InChI=1S/C18H13N3O3.C2HF3O2/c22-18(20-11-12-4-3-7-19-10-12)14-9-17(24-21-14)16-8-13-5-1-2-6-15(13)23-16;3-2(4,5)1(6)7/h1-10H,11H2,(H,20,22);(H,6,7). The second-order valence-electron chi connectivity index (χ2n) is 6.07. The van der Waals surface area contributed by atoms with E-state index in [-0.39, 0.29) is 11.6 Å². The van der Waals surface area contributed by atoms with Crippen LogP contribution in [0.1, 0.15) is 16.1 Å². The first kappa shape index (κ1) is 21.6. The summed E-state index contributed by atoms with van der Waals surface area (Å²) >= 11 is 0. The van der Waals surface area contributed by atoms with E-state index in [1.54, 1.807) is 18.5 Å². The predicted molar refractivity (Wildman–Crippen MR) is 101 cm³/mol. The quantitative estimate of drug-likeness (QED) is 0.498. The summed E-state index contributed by atoms with van der Waals surface area (Å²) in [5.74, 6) is -2.12. The highest BCUT2D eigenvalue weighted by Crippen LogP contribution is 2.28. The van der Waals surface area contributed by atoms with Crippen molar-refractivity contribution < 1.29 is 36.8 Å². The second-order valence-corrected chi connectivity index (χ2v) is 6.07. The molecule has 4 rings (SSSR count). The first-order valence-corrected chi connectivity index (χ1v) is 8.67. The Labute approximate surface area is 172 Å². The van der Waals surface area contributed by atoms with Crippen molar-refractivity contribution in [3.63, 3.8) is 0 Å². The molecule has 0 aliphatic heterocycles. The van der Waals surface area contributed by atoms with Crippen LogP contribution in [0.15, 0.2) is 69.9 Å². The van der Waals surface area contributed by atoms with Crippen molar-refractivity contribution in [2.24, 2.45) is 0 Å². The van der Waals surface area contributed by atoms with Crippen LogP contribution in [0.5, 0.6) is 0 Å². The van der Waals surface area contributed by atoms with E-state index >= 15 is 0 Å². The molecule has 0 aliphatic carbocycles. The van der Waals surface area contributed by atoms with E-state index in [0.717, 1.165) is 16.5 Å². The van der Waals surface area contributed by atoms with Crippen molar-refractivity contribution in [2.75, 3.05) is 0 Å². The molecule has 0 fully saturated rings. The van der Waals surface area contributed by atoms with Gasteiger partial charge in [0.15, 0.2) is 11.5 Å². The number of pyridine rings is 1. The number of amides is 1. The molecule has 0 unspecified atom stereocenters. The molecule has 3 heterocycles. The molecule has 8 nitrogen and oxygen atoms in total. The van der Waals surface area contributed by atoms with Gasteiger partial charge in [-0.1, -0.05) is 29.4 Å². The van der Waals surface area contributed by atoms with Crippen LogP contribution in [-0.4, -0.2) is 33.3 Å². The summed E-state index contributed by atoms with van der Waals surface area (Å²) in [6, 6.07) is 14.8. The summed E-state index contributed by atoms with van der Waals surface area (Å²) in [7, 11) is 0. The van der Waals surface area contributed by atoms with E-state index in [4.69, 9.17) is 18.8 Å². The Morgan fingerprint density at radius 2 is 1.81 bits per heavy atom. The number of hydrogen-bond donors (Lipinski definition) is 2. The Morgan fingerprint density at radius 1 is 1.06 bits per heavy atom. The highest BCUT2D eigenvalue weighted by molar-refractivity contribution is 5.93. The molecule has 31 heavy (non-hydrogen) atoms. The summed E-state index contributed by atoms with van der Waals surface area (Å²) in [5, 5.41) is 14.7. The maximum absolute atomic E-state index is 12.2. The van der Waals surface area contributed by atoms with Gasteiger partial charge in [0.05, 0.1) is 0 Å². The number of furan rings is 1. The van der Waals surface area contributed by atoms with Gasteiger partial charge >= 0.3 is 12.1 Å². The van der Waals surface area contributed by atoms with Crippen molar-refractivity contribution in [1.29, 1.82) is 0 Å². The highest BCUT2D eigenvalue weighted by Gasteiger charge is 2.38. The minimum Gasteiger partial charge on any atom is -0.475 e. The van der Waals surface area contributed by atoms with Crippen LogP contribution in [0.4, 0.5) is 13.2 Å². The molecule has 0 bridgehead atoms. The minimum atomic E-state index is -5.08. The molecule has 3 aromatic heterocycles. The zero-order valence-corrected chi connectivity index (χ0v) is 15.6. The number of aliphatic carboxylic acids is 1. The van der Waals surface area contributed by atoms with Crippen molar-refractivity contribution in [2.45, 2.75) is 12.7 Å². The zero-order chi connectivity index (χ0) is 22.4. The van der Waals surface area contributed by atoms with Crippen molar-refractivity contribution >= 4 is 22.8 Å². The fourth-order valence-electron chi connectivity index (χ4n) is 2.38. The Bertz CT molecular complexity index is 1150. The van der Waals surface area contributed by atoms with Gasteiger partial charge in [-0.15, -0.1) is 0 Å². The van der Waals surface area contributed by atoms with Crippen molar-refractivity contribution in [1.82, 2.24) is 15.5 Å². The number of aromatic nitrogens is 2. The zero-order valence-electron chi connectivity index (χ0n) is 15.6. The lowest BCUT2D eigenvalue weighted by molar-refractivity contribution is -0.192. The molecular formula is C20H14F3N3O5. The topological polar surface area (TPSA) is 118 Å². The maximum Gasteiger partial charge on any atom is 0.490 e. The van der Waals surface area contributed by atoms with E-state index in [0.29, 0.717) is 18.1 Å². The van der Waals surface area contributed by atoms with Gasteiger partial charge in [0.2, 0.25) is 5.76 Å². The van der Waals surface area contributed by atoms with Gasteiger partial charge in [0, 0.05) is 30.4 Å². The Kier molecular flexibility index (Phi) is 6.34. The largest absolute Gasteiger partial charge is 0.490 e. The molecular weight excluding hydrogens is 419 g/mol. The monoisotopic (exact) mass is 433 g/mol. The lowest BCUT2D eigenvalue weighted by Gasteiger charge is -2.01. The molecule has 1 amide bonds. The van der Waals surface area contributed by atoms with Crippen LogP contribution in [-0.2, 0) is 11.3 Å². The van der Waals surface area contributed by atoms with Crippen LogP contribution in [0, 0.1) is 0 Å². The van der Waals surface area contributed by atoms with E-state index in [9.17, 15) is 18.0 Å². The number of carbonyl (C=O) groups is 2. The molecule has 11 heteroatoms. The lowest BCUT2D eigenvalue weighted by atomic mass is 10.2. The smallest absolute Gasteiger partial charge is 0.475 e. The minimum absolute atomic E-state index is 0.203. The van der Waals surface area contributed by atoms with Crippen LogP contribution in [0.2, 0.25) is 0 Å². The Morgan fingerprint density at radius 3 is 2.45 bits per heavy atom. The van der Waals surface area contributed by atoms with Gasteiger partial charge in [-0.05, 0) is 23.8 Å². The van der Waals surface area contributed by atoms with Gasteiger partial charge in [0.1, 0.15) is 5.58 Å². The number of carboxylic acid groups (broad SMARTS) is 1. The number of nitrogens with zero attached hydrogens (tertiary/aromatic N) is 2. The third-order valence-corrected chi connectivity index (χ3v) is 3.83.